The van der Waals surface area contributed by atoms with E-state index in [0.29, 0.717) is 23.1 Å². The number of aromatic nitrogens is 4. The Kier molecular flexibility index (Phi) is 5.36. The third-order valence-electron chi connectivity index (χ3n) is 4.36. The minimum absolute atomic E-state index is 0.0527. The van der Waals surface area contributed by atoms with Crippen LogP contribution in [-0.4, -0.2) is 25.4 Å². The number of pyridine rings is 2. The number of carbonyl (C=O) groups is 1. The molecule has 4 heterocycles. The molecule has 0 unspecified atom stereocenters. The molecule has 9 heteroatoms. The number of nitrogens with one attached hydrogen (secondary N) is 1. The summed E-state index contributed by atoms with van der Waals surface area (Å²) in [4.78, 5) is 38.2. The Hall–Kier alpha value is -3.85. The number of hydrogen-bond acceptors (Lipinski definition) is 7. The molecule has 0 aromatic carbocycles. The van der Waals surface area contributed by atoms with Crippen molar-refractivity contribution in [2.75, 3.05) is 5.32 Å². The maximum absolute atomic E-state index is 12.4. The molecule has 0 bridgehead atoms. The third kappa shape index (κ3) is 4.11. The number of carbonyl (C=O) groups excluding carboxylic acids is 1. The summed E-state index contributed by atoms with van der Waals surface area (Å²) in [6.45, 7) is 1.69. The van der Waals surface area contributed by atoms with Crippen LogP contribution in [0.25, 0.3) is 10.6 Å². The van der Waals surface area contributed by atoms with Gasteiger partial charge in [-0.25, -0.2) is 9.97 Å². The molecular weight excluding hydrogens is 402 g/mol. The summed E-state index contributed by atoms with van der Waals surface area (Å²) in [6.07, 6.45) is 4.44. The summed E-state index contributed by atoms with van der Waals surface area (Å²) in [5.74, 6) is 1.38. The van der Waals surface area contributed by atoms with E-state index < -0.39 is 11.5 Å². The number of rotatable bonds is 5. The Bertz CT molecular complexity index is 1250. The maximum atomic E-state index is 12.4. The zero-order chi connectivity index (χ0) is 21.1. The molecule has 0 saturated heterocycles. The Morgan fingerprint density at radius 3 is 2.70 bits per heavy atom. The molecule has 1 N–H and O–H groups in total. The molecular formula is C21H17N5O3S. The summed E-state index contributed by atoms with van der Waals surface area (Å²) in [5.41, 5.74) is 0.356. The molecule has 0 aliphatic rings. The lowest BCUT2D eigenvalue weighted by molar-refractivity contribution is 0.102. The van der Waals surface area contributed by atoms with Gasteiger partial charge in [0.15, 0.2) is 0 Å². The van der Waals surface area contributed by atoms with Gasteiger partial charge in [-0.05, 0) is 36.6 Å². The van der Waals surface area contributed by atoms with E-state index in [0.717, 1.165) is 10.6 Å². The van der Waals surface area contributed by atoms with E-state index in [1.165, 1.54) is 17.0 Å². The predicted octanol–water partition coefficient (Wildman–Crippen LogP) is 3.65. The van der Waals surface area contributed by atoms with Gasteiger partial charge < -0.3 is 10.1 Å². The molecule has 1 amide bonds. The van der Waals surface area contributed by atoms with Crippen molar-refractivity contribution in [2.45, 2.75) is 6.92 Å². The number of amides is 1. The largest absolute Gasteiger partial charge is 0.456 e. The van der Waals surface area contributed by atoms with Crippen molar-refractivity contribution in [3.63, 3.8) is 0 Å². The van der Waals surface area contributed by atoms with E-state index in [1.807, 2.05) is 23.6 Å². The molecule has 0 fully saturated rings. The number of ether oxygens (including phenoxy) is 1. The molecule has 30 heavy (non-hydrogen) atoms. The van der Waals surface area contributed by atoms with Gasteiger partial charge in [0.1, 0.15) is 28.7 Å². The molecule has 0 radical (unpaired) electrons. The summed E-state index contributed by atoms with van der Waals surface area (Å²) in [5, 5.41) is 4.59. The van der Waals surface area contributed by atoms with E-state index in [1.54, 1.807) is 49.7 Å². The van der Waals surface area contributed by atoms with E-state index in [2.05, 4.69) is 20.3 Å². The Morgan fingerprint density at radius 1 is 1.10 bits per heavy atom. The van der Waals surface area contributed by atoms with Gasteiger partial charge >= 0.3 is 0 Å². The van der Waals surface area contributed by atoms with E-state index in [9.17, 15) is 9.59 Å². The van der Waals surface area contributed by atoms with Crippen molar-refractivity contribution in [3.05, 3.63) is 82.1 Å². The second-order valence-corrected chi connectivity index (χ2v) is 7.32. The van der Waals surface area contributed by atoms with Crippen LogP contribution in [0.1, 0.15) is 16.2 Å². The minimum Gasteiger partial charge on any atom is -0.456 e. The second-order valence-electron chi connectivity index (χ2n) is 6.37. The van der Waals surface area contributed by atoms with Gasteiger partial charge in [-0.2, -0.15) is 0 Å². The van der Waals surface area contributed by atoms with Crippen LogP contribution in [0.15, 0.2) is 65.2 Å². The van der Waals surface area contributed by atoms with Crippen LogP contribution in [-0.2, 0) is 7.05 Å². The van der Waals surface area contributed by atoms with Crippen LogP contribution >= 0.6 is 11.3 Å². The molecule has 0 saturated carbocycles. The molecule has 8 nitrogen and oxygen atoms in total. The van der Waals surface area contributed by atoms with Gasteiger partial charge in [-0.15, -0.1) is 11.3 Å². The van der Waals surface area contributed by atoms with Crippen LogP contribution in [0.2, 0.25) is 0 Å². The summed E-state index contributed by atoms with van der Waals surface area (Å²) < 4.78 is 7.15. The fourth-order valence-electron chi connectivity index (χ4n) is 2.65. The van der Waals surface area contributed by atoms with Crippen molar-refractivity contribution >= 4 is 23.1 Å². The first kappa shape index (κ1) is 19.5. The topological polar surface area (TPSA) is 99.0 Å². The van der Waals surface area contributed by atoms with Gasteiger partial charge in [-0.3, -0.25) is 19.1 Å². The molecule has 0 aliphatic carbocycles. The smallest absolute Gasteiger partial charge is 0.266 e. The van der Waals surface area contributed by atoms with E-state index in [4.69, 9.17) is 4.74 Å². The van der Waals surface area contributed by atoms with Gasteiger partial charge in [0.25, 0.3) is 11.5 Å². The van der Waals surface area contributed by atoms with E-state index in [-0.39, 0.29) is 5.56 Å². The Labute approximate surface area is 175 Å². The summed E-state index contributed by atoms with van der Waals surface area (Å²) >= 11 is 1.60. The van der Waals surface area contributed by atoms with Gasteiger partial charge in [-0.1, -0.05) is 6.07 Å². The molecule has 4 rings (SSSR count). The molecule has 4 aromatic heterocycles. The number of nitrogens with zero attached hydrogens (tertiary/aromatic N) is 4. The van der Waals surface area contributed by atoms with Crippen molar-refractivity contribution < 1.29 is 9.53 Å². The van der Waals surface area contributed by atoms with Gasteiger partial charge in [0.2, 0.25) is 0 Å². The highest BCUT2D eigenvalue weighted by Gasteiger charge is 2.14. The average molecular weight is 419 g/mol. The Morgan fingerprint density at radius 2 is 1.97 bits per heavy atom. The lowest BCUT2D eigenvalue weighted by Crippen LogP contribution is -2.29. The average Bonchev–Trinajstić information content (AvgIpc) is 3.29. The zero-order valence-electron chi connectivity index (χ0n) is 16.2. The first-order valence-electron chi connectivity index (χ1n) is 8.99. The van der Waals surface area contributed by atoms with Crippen LogP contribution < -0.4 is 15.6 Å². The lowest BCUT2D eigenvalue weighted by Gasteiger charge is -2.09. The number of aryl methyl sites for hydroxylation is 1. The second kappa shape index (κ2) is 8.26. The zero-order valence-corrected chi connectivity index (χ0v) is 17.0. The van der Waals surface area contributed by atoms with Crippen LogP contribution in [0, 0.1) is 6.92 Å². The van der Waals surface area contributed by atoms with Crippen LogP contribution in [0.4, 0.5) is 5.82 Å². The summed E-state index contributed by atoms with van der Waals surface area (Å²) in [7, 11) is 1.56. The number of hydrogen-bond donors (Lipinski definition) is 1. The fraction of sp³-hybridized carbons (Fsp3) is 0.0952. The number of anilines is 1. The highest BCUT2D eigenvalue weighted by Crippen LogP contribution is 2.28. The summed E-state index contributed by atoms with van der Waals surface area (Å²) in [6, 6.07) is 10.8. The molecule has 0 spiro atoms. The minimum atomic E-state index is -0.570. The first-order valence-corrected chi connectivity index (χ1v) is 9.87. The van der Waals surface area contributed by atoms with Crippen molar-refractivity contribution in [1.82, 2.24) is 19.5 Å². The molecule has 150 valence electrons. The van der Waals surface area contributed by atoms with Crippen molar-refractivity contribution in [3.8, 4) is 22.1 Å². The maximum Gasteiger partial charge on any atom is 0.266 e. The van der Waals surface area contributed by atoms with Crippen LogP contribution in [0.5, 0.6) is 11.5 Å². The van der Waals surface area contributed by atoms with Crippen molar-refractivity contribution in [2.24, 2.45) is 7.05 Å². The van der Waals surface area contributed by atoms with Crippen molar-refractivity contribution in [1.29, 1.82) is 0 Å². The number of thiophene rings is 1. The normalized spacial score (nSPS) is 10.6. The third-order valence-corrected chi connectivity index (χ3v) is 5.26. The van der Waals surface area contributed by atoms with E-state index >= 15 is 0 Å². The molecule has 4 aromatic rings. The van der Waals surface area contributed by atoms with Crippen LogP contribution in [0.3, 0.4) is 0 Å². The van der Waals surface area contributed by atoms with Gasteiger partial charge in [0, 0.05) is 25.5 Å². The highest BCUT2D eigenvalue weighted by atomic mass is 32.1. The molecule has 0 aliphatic heterocycles. The molecule has 0 atom stereocenters. The predicted molar refractivity (Wildman–Crippen MR) is 114 cm³/mol. The SMILES string of the molecule is Cc1ncc(C(=O)Nc2ccc(Oc3ccnc(-c4cccs4)c3)cn2)c(=O)n1C. The van der Waals surface area contributed by atoms with Gasteiger partial charge in [0.05, 0.1) is 16.8 Å². The Balaban J connectivity index is 1.46. The first-order chi connectivity index (χ1) is 14.5. The lowest BCUT2D eigenvalue weighted by atomic mass is 10.3. The quantitative estimate of drug-likeness (QED) is 0.530. The fourth-order valence-corrected chi connectivity index (χ4v) is 3.34. The standard InChI is InChI=1S/C21H17N5O3S/c1-13-23-12-16(21(28)26(13)2)20(27)25-19-6-5-15(11-24-19)29-14-7-8-22-17(10-14)18-4-3-9-30-18/h3-12H,1-2H3,(H,24,25,27). The highest BCUT2D eigenvalue weighted by molar-refractivity contribution is 7.13. The monoisotopic (exact) mass is 419 g/mol.